The van der Waals surface area contributed by atoms with Gasteiger partial charge in [0.25, 0.3) is 10.2 Å². The van der Waals surface area contributed by atoms with Crippen LogP contribution in [0.1, 0.15) is 31.7 Å². The Balaban J connectivity index is 1.93. The van der Waals surface area contributed by atoms with E-state index >= 15 is 0 Å². The van der Waals surface area contributed by atoms with E-state index in [2.05, 4.69) is 21.7 Å². The Labute approximate surface area is 115 Å². The molecule has 0 aromatic heterocycles. The summed E-state index contributed by atoms with van der Waals surface area (Å²) in [6.07, 6.45) is 2.95. The molecule has 19 heavy (non-hydrogen) atoms. The van der Waals surface area contributed by atoms with Crippen molar-refractivity contribution in [2.75, 3.05) is 11.3 Å². The van der Waals surface area contributed by atoms with Crippen LogP contribution in [0.25, 0.3) is 0 Å². The third-order valence-corrected chi connectivity index (χ3v) is 3.98. The molecule has 0 heterocycles. The molecule has 106 valence electrons. The van der Waals surface area contributed by atoms with E-state index in [0.29, 0.717) is 5.69 Å². The fourth-order valence-corrected chi connectivity index (χ4v) is 2.93. The molecule has 0 unspecified atom stereocenters. The van der Waals surface area contributed by atoms with Crippen LogP contribution in [-0.2, 0) is 16.8 Å². The second kappa shape index (κ2) is 6.36. The van der Waals surface area contributed by atoms with Gasteiger partial charge < -0.3 is 5.32 Å². The molecule has 1 aromatic carbocycles. The maximum Gasteiger partial charge on any atom is 0.299 e. The molecule has 0 saturated heterocycles. The average Bonchev–Trinajstić information content (AvgIpc) is 3.12. The third-order valence-electron chi connectivity index (χ3n) is 2.83. The maximum absolute atomic E-state index is 11.8. The smallest absolute Gasteiger partial charge is 0.299 e. The minimum atomic E-state index is -3.43. The topological polar surface area (TPSA) is 70.2 Å². The summed E-state index contributed by atoms with van der Waals surface area (Å²) in [6, 6.07) is 7.57. The molecule has 1 saturated carbocycles. The van der Waals surface area contributed by atoms with E-state index in [1.165, 1.54) is 0 Å². The van der Waals surface area contributed by atoms with Gasteiger partial charge in [0.2, 0.25) is 0 Å². The zero-order valence-electron chi connectivity index (χ0n) is 11.1. The van der Waals surface area contributed by atoms with E-state index in [1.54, 1.807) is 6.07 Å². The van der Waals surface area contributed by atoms with Crippen molar-refractivity contribution in [3.63, 3.8) is 0 Å². The number of anilines is 1. The van der Waals surface area contributed by atoms with Gasteiger partial charge in [-0.25, -0.2) is 0 Å². The predicted octanol–water partition coefficient (Wildman–Crippen LogP) is 1.59. The van der Waals surface area contributed by atoms with Crippen LogP contribution in [0.2, 0.25) is 0 Å². The van der Waals surface area contributed by atoms with E-state index in [-0.39, 0.29) is 6.04 Å². The quantitative estimate of drug-likeness (QED) is 0.635. The lowest BCUT2D eigenvalue weighted by atomic mass is 10.2. The summed E-state index contributed by atoms with van der Waals surface area (Å²) in [5.41, 5.74) is 1.67. The standard InChI is InChI=1S/C13H21N3O2S/c1-2-8-14-10-11-4-3-5-13(9-11)16-19(17,18)15-12-6-7-12/h3-5,9,12,14-16H,2,6-8,10H2,1H3. The molecule has 1 aromatic rings. The van der Waals surface area contributed by atoms with Crippen LogP contribution in [0.3, 0.4) is 0 Å². The summed E-state index contributed by atoms with van der Waals surface area (Å²) < 4.78 is 28.7. The van der Waals surface area contributed by atoms with E-state index in [9.17, 15) is 8.42 Å². The molecule has 6 heteroatoms. The average molecular weight is 283 g/mol. The summed E-state index contributed by atoms with van der Waals surface area (Å²) in [7, 11) is -3.43. The van der Waals surface area contributed by atoms with Gasteiger partial charge in [-0.2, -0.15) is 13.1 Å². The Kier molecular flexibility index (Phi) is 4.79. The molecule has 5 nitrogen and oxygen atoms in total. The highest BCUT2D eigenvalue weighted by atomic mass is 32.2. The summed E-state index contributed by atoms with van der Waals surface area (Å²) >= 11 is 0. The highest BCUT2D eigenvalue weighted by molar-refractivity contribution is 7.90. The van der Waals surface area contributed by atoms with E-state index in [1.807, 2.05) is 18.2 Å². The largest absolute Gasteiger partial charge is 0.313 e. The van der Waals surface area contributed by atoms with Crippen LogP contribution in [0.5, 0.6) is 0 Å². The number of nitrogens with one attached hydrogen (secondary N) is 3. The van der Waals surface area contributed by atoms with Crippen molar-refractivity contribution in [2.24, 2.45) is 0 Å². The maximum atomic E-state index is 11.8. The molecule has 0 radical (unpaired) electrons. The Morgan fingerprint density at radius 2 is 2.11 bits per heavy atom. The molecule has 0 spiro atoms. The van der Waals surface area contributed by atoms with Crippen molar-refractivity contribution in [3.8, 4) is 0 Å². The van der Waals surface area contributed by atoms with E-state index in [0.717, 1.165) is 37.9 Å². The van der Waals surface area contributed by atoms with Crippen LogP contribution in [0, 0.1) is 0 Å². The van der Waals surface area contributed by atoms with Crippen LogP contribution < -0.4 is 14.8 Å². The summed E-state index contributed by atoms with van der Waals surface area (Å²) in [4.78, 5) is 0. The molecule has 0 atom stereocenters. The first-order chi connectivity index (χ1) is 9.09. The molecular formula is C13H21N3O2S. The predicted molar refractivity (Wildman–Crippen MR) is 77.1 cm³/mol. The van der Waals surface area contributed by atoms with Crippen molar-refractivity contribution in [1.82, 2.24) is 10.0 Å². The highest BCUT2D eigenvalue weighted by Crippen LogP contribution is 2.20. The molecular weight excluding hydrogens is 262 g/mol. The van der Waals surface area contributed by atoms with Crippen LogP contribution in [0.15, 0.2) is 24.3 Å². The Hall–Kier alpha value is -1.11. The molecule has 1 fully saturated rings. The molecule has 0 aliphatic heterocycles. The van der Waals surface area contributed by atoms with Gasteiger partial charge in [0.05, 0.1) is 5.69 Å². The second-order valence-corrected chi connectivity index (χ2v) is 6.32. The summed E-state index contributed by atoms with van der Waals surface area (Å²) in [5, 5.41) is 3.29. The Morgan fingerprint density at radius 1 is 1.32 bits per heavy atom. The first-order valence-corrected chi connectivity index (χ1v) is 8.17. The zero-order valence-corrected chi connectivity index (χ0v) is 12.0. The normalized spacial score (nSPS) is 15.4. The molecule has 0 amide bonds. The minimum absolute atomic E-state index is 0.118. The van der Waals surface area contributed by atoms with Crippen molar-refractivity contribution in [1.29, 1.82) is 0 Å². The van der Waals surface area contributed by atoms with Crippen molar-refractivity contribution in [2.45, 2.75) is 38.8 Å². The molecule has 1 aliphatic carbocycles. The molecule has 0 bridgehead atoms. The fraction of sp³-hybridized carbons (Fsp3) is 0.538. The van der Waals surface area contributed by atoms with Gasteiger partial charge in [0.15, 0.2) is 0 Å². The monoisotopic (exact) mass is 283 g/mol. The summed E-state index contributed by atoms with van der Waals surface area (Å²) in [6.45, 7) is 3.82. The number of benzene rings is 1. The van der Waals surface area contributed by atoms with Gasteiger partial charge in [-0.15, -0.1) is 0 Å². The Bertz CT molecular complexity index is 512. The number of rotatable bonds is 8. The van der Waals surface area contributed by atoms with Crippen LogP contribution in [-0.4, -0.2) is 21.0 Å². The van der Waals surface area contributed by atoms with Gasteiger partial charge in [0.1, 0.15) is 0 Å². The molecule has 1 aliphatic rings. The lowest BCUT2D eigenvalue weighted by molar-refractivity contribution is 0.586. The molecule has 2 rings (SSSR count). The Morgan fingerprint density at radius 3 is 2.79 bits per heavy atom. The van der Waals surface area contributed by atoms with E-state index in [4.69, 9.17) is 0 Å². The van der Waals surface area contributed by atoms with E-state index < -0.39 is 10.2 Å². The number of hydrogen-bond acceptors (Lipinski definition) is 3. The van der Waals surface area contributed by atoms with Crippen molar-refractivity contribution < 1.29 is 8.42 Å². The SMILES string of the molecule is CCCNCc1cccc(NS(=O)(=O)NC2CC2)c1. The van der Waals surface area contributed by atoms with Crippen LogP contribution >= 0.6 is 0 Å². The first-order valence-electron chi connectivity index (χ1n) is 6.69. The molecule has 3 N–H and O–H groups in total. The first kappa shape index (κ1) is 14.3. The summed E-state index contributed by atoms with van der Waals surface area (Å²) in [5.74, 6) is 0. The van der Waals surface area contributed by atoms with Crippen LogP contribution in [0.4, 0.5) is 5.69 Å². The van der Waals surface area contributed by atoms with Gasteiger partial charge in [-0.3, -0.25) is 4.72 Å². The van der Waals surface area contributed by atoms with Gasteiger partial charge in [-0.05, 0) is 43.5 Å². The third kappa shape index (κ3) is 5.18. The van der Waals surface area contributed by atoms with Gasteiger partial charge in [-0.1, -0.05) is 19.1 Å². The lowest BCUT2D eigenvalue weighted by Crippen LogP contribution is -2.31. The fourth-order valence-electron chi connectivity index (χ4n) is 1.76. The van der Waals surface area contributed by atoms with Crippen molar-refractivity contribution >= 4 is 15.9 Å². The van der Waals surface area contributed by atoms with Gasteiger partial charge >= 0.3 is 0 Å². The second-order valence-electron chi connectivity index (χ2n) is 4.87. The minimum Gasteiger partial charge on any atom is -0.313 e. The van der Waals surface area contributed by atoms with Gasteiger partial charge in [0, 0.05) is 12.6 Å². The van der Waals surface area contributed by atoms with Crippen molar-refractivity contribution in [3.05, 3.63) is 29.8 Å². The highest BCUT2D eigenvalue weighted by Gasteiger charge is 2.26. The zero-order chi connectivity index (χ0) is 13.7. The lowest BCUT2D eigenvalue weighted by Gasteiger charge is -2.10. The number of hydrogen-bond donors (Lipinski definition) is 3.